The number of rotatable bonds is 2. The molecule has 0 amide bonds. The Hall–Kier alpha value is -2.28. The summed E-state index contributed by atoms with van der Waals surface area (Å²) >= 11 is 0. The van der Waals surface area contributed by atoms with Gasteiger partial charge in [-0.25, -0.2) is 23.4 Å². The van der Waals surface area contributed by atoms with E-state index in [9.17, 15) is 8.42 Å². The Morgan fingerprint density at radius 3 is 2.79 bits per heavy atom. The molecule has 0 atom stereocenters. The Labute approximate surface area is 109 Å². The summed E-state index contributed by atoms with van der Waals surface area (Å²) in [4.78, 5) is 12.1. The molecule has 0 spiro atoms. The van der Waals surface area contributed by atoms with Crippen molar-refractivity contribution in [2.45, 2.75) is 5.16 Å². The van der Waals surface area contributed by atoms with Crippen LogP contribution in [0.15, 0.2) is 48.0 Å². The highest BCUT2D eigenvalue weighted by Crippen LogP contribution is 2.19. The van der Waals surface area contributed by atoms with Crippen LogP contribution in [0.4, 0.5) is 0 Å². The topological polar surface area (TPSA) is 77.2 Å². The molecule has 0 unspecified atom stereocenters. The van der Waals surface area contributed by atoms with E-state index in [2.05, 4.69) is 15.0 Å². The van der Waals surface area contributed by atoms with Gasteiger partial charge in [-0.05, 0) is 18.2 Å². The van der Waals surface area contributed by atoms with Gasteiger partial charge in [-0.3, -0.25) is 4.40 Å². The van der Waals surface area contributed by atoms with Crippen LogP contribution >= 0.6 is 0 Å². The first kappa shape index (κ1) is 11.8. The summed E-state index contributed by atoms with van der Waals surface area (Å²) in [7, 11) is -3.42. The molecule has 0 saturated heterocycles. The molecule has 7 heteroatoms. The van der Waals surface area contributed by atoms with Crippen molar-refractivity contribution in [1.29, 1.82) is 0 Å². The monoisotopic (exact) mass is 274 g/mol. The van der Waals surface area contributed by atoms with Crippen molar-refractivity contribution in [3.05, 3.63) is 42.9 Å². The molecule has 0 N–H and O–H groups in total. The SMILES string of the molecule is CS(=O)(=O)c1nccc(-c2cnc3ccccn23)n1. The van der Waals surface area contributed by atoms with Gasteiger partial charge in [0.25, 0.3) is 0 Å². The lowest BCUT2D eigenvalue weighted by molar-refractivity contribution is 0.593. The van der Waals surface area contributed by atoms with E-state index < -0.39 is 9.84 Å². The molecule has 0 aliphatic heterocycles. The van der Waals surface area contributed by atoms with E-state index in [0.717, 1.165) is 17.6 Å². The third kappa shape index (κ3) is 2.08. The molecule has 96 valence electrons. The summed E-state index contributed by atoms with van der Waals surface area (Å²) < 4.78 is 24.8. The highest BCUT2D eigenvalue weighted by molar-refractivity contribution is 7.90. The first-order valence-corrected chi connectivity index (χ1v) is 7.40. The average Bonchev–Trinajstić information content (AvgIpc) is 2.82. The van der Waals surface area contributed by atoms with Gasteiger partial charge >= 0.3 is 0 Å². The van der Waals surface area contributed by atoms with Gasteiger partial charge in [0, 0.05) is 18.6 Å². The number of fused-ring (bicyclic) bond motifs is 1. The fourth-order valence-corrected chi connectivity index (χ4v) is 2.30. The number of hydrogen-bond donors (Lipinski definition) is 0. The maximum absolute atomic E-state index is 11.5. The summed E-state index contributed by atoms with van der Waals surface area (Å²) in [6.45, 7) is 0. The van der Waals surface area contributed by atoms with E-state index >= 15 is 0 Å². The standard InChI is InChI=1S/C12H10N4O2S/c1-19(17,18)12-13-6-5-9(15-12)10-8-14-11-4-2-3-7-16(10)11/h2-8H,1H3. The number of nitrogens with zero attached hydrogens (tertiary/aromatic N) is 4. The minimum Gasteiger partial charge on any atom is -0.298 e. The first-order chi connectivity index (χ1) is 9.05. The van der Waals surface area contributed by atoms with Crippen LogP contribution in [0.1, 0.15) is 0 Å². The molecule has 3 aromatic heterocycles. The van der Waals surface area contributed by atoms with Gasteiger partial charge in [0.2, 0.25) is 15.0 Å². The Bertz CT molecular complexity index is 855. The Balaban J connectivity index is 2.22. The van der Waals surface area contributed by atoms with Crippen molar-refractivity contribution in [2.24, 2.45) is 0 Å². The second-order valence-corrected chi connectivity index (χ2v) is 5.98. The normalized spacial score (nSPS) is 11.8. The summed E-state index contributed by atoms with van der Waals surface area (Å²) in [6.07, 6.45) is 6.02. The van der Waals surface area contributed by atoms with Gasteiger partial charge in [0.1, 0.15) is 5.65 Å². The third-order valence-corrected chi connectivity index (χ3v) is 3.50. The number of imidazole rings is 1. The van der Waals surface area contributed by atoms with Crippen LogP contribution in [0, 0.1) is 0 Å². The second-order valence-electron chi connectivity index (χ2n) is 4.07. The van der Waals surface area contributed by atoms with Crippen LogP contribution in [0.5, 0.6) is 0 Å². The van der Waals surface area contributed by atoms with Gasteiger partial charge in [-0.1, -0.05) is 6.07 Å². The minimum atomic E-state index is -3.42. The zero-order chi connectivity index (χ0) is 13.5. The number of sulfone groups is 1. The van der Waals surface area contributed by atoms with Crippen molar-refractivity contribution in [1.82, 2.24) is 19.4 Å². The van der Waals surface area contributed by atoms with E-state index in [-0.39, 0.29) is 5.16 Å². The fraction of sp³-hybridized carbons (Fsp3) is 0.0833. The largest absolute Gasteiger partial charge is 0.298 e. The molecule has 0 saturated carbocycles. The van der Waals surface area contributed by atoms with E-state index in [1.54, 1.807) is 12.3 Å². The summed E-state index contributed by atoms with van der Waals surface area (Å²) in [6, 6.07) is 7.28. The molecule has 0 aliphatic carbocycles. The molecule has 0 radical (unpaired) electrons. The molecule has 3 heterocycles. The number of aromatic nitrogens is 4. The van der Waals surface area contributed by atoms with Crippen molar-refractivity contribution in [2.75, 3.05) is 6.26 Å². The maximum atomic E-state index is 11.5. The zero-order valence-electron chi connectivity index (χ0n) is 10.1. The fourth-order valence-electron chi connectivity index (χ4n) is 1.78. The molecular weight excluding hydrogens is 264 g/mol. The van der Waals surface area contributed by atoms with Gasteiger partial charge in [0.05, 0.1) is 17.6 Å². The van der Waals surface area contributed by atoms with Crippen molar-refractivity contribution < 1.29 is 8.42 Å². The van der Waals surface area contributed by atoms with Gasteiger partial charge in [0.15, 0.2) is 0 Å². The predicted octanol–water partition coefficient (Wildman–Crippen LogP) is 1.19. The van der Waals surface area contributed by atoms with E-state index in [1.807, 2.05) is 28.8 Å². The molecule has 6 nitrogen and oxygen atoms in total. The first-order valence-electron chi connectivity index (χ1n) is 5.51. The van der Waals surface area contributed by atoms with E-state index in [4.69, 9.17) is 0 Å². The lowest BCUT2D eigenvalue weighted by Gasteiger charge is -2.02. The van der Waals surface area contributed by atoms with Crippen LogP contribution in [0.25, 0.3) is 17.0 Å². The van der Waals surface area contributed by atoms with Crippen LogP contribution in [0.2, 0.25) is 0 Å². The van der Waals surface area contributed by atoms with Gasteiger partial charge in [-0.2, -0.15) is 0 Å². The molecule has 3 aromatic rings. The Morgan fingerprint density at radius 1 is 1.16 bits per heavy atom. The Morgan fingerprint density at radius 2 is 2.00 bits per heavy atom. The molecule has 3 rings (SSSR count). The lowest BCUT2D eigenvalue weighted by atomic mass is 10.3. The molecule has 0 bridgehead atoms. The van der Waals surface area contributed by atoms with Crippen LogP contribution in [0.3, 0.4) is 0 Å². The van der Waals surface area contributed by atoms with Crippen LogP contribution in [-0.4, -0.2) is 34.0 Å². The van der Waals surface area contributed by atoms with Crippen LogP contribution < -0.4 is 0 Å². The second kappa shape index (κ2) is 4.13. The zero-order valence-corrected chi connectivity index (χ0v) is 10.9. The average molecular weight is 274 g/mol. The number of hydrogen-bond acceptors (Lipinski definition) is 5. The summed E-state index contributed by atoms with van der Waals surface area (Å²) in [5.41, 5.74) is 2.02. The highest BCUT2D eigenvalue weighted by Gasteiger charge is 2.13. The number of pyridine rings is 1. The third-order valence-electron chi connectivity index (χ3n) is 2.64. The highest BCUT2D eigenvalue weighted by atomic mass is 32.2. The van der Waals surface area contributed by atoms with Crippen LogP contribution in [-0.2, 0) is 9.84 Å². The summed E-state index contributed by atoms with van der Waals surface area (Å²) in [5, 5.41) is -0.184. The Kier molecular flexibility index (Phi) is 2.56. The van der Waals surface area contributed by atoms with Gasteiger partial charge < -0.3 is 0 Å². The molecular formula is C12H10N4O2S. The molecule has 0 aliphatic rings. The molecule has 0 fully saturated rings. The quantitative estimate of drug-likeness (QED) is 0.656. The maximum Gasteiger partial charge on any atom is 0.247 e. The summed E-state index contributed by atoms with van der Waals surface area (Å²) in [5.74, 6) is 0. The smallest absolute Gasteiger partial charge is 0.247 e. The minimum absolute atomic E-state index is 0.184. The van der Waals surface area contributed by atoms with E-state index in [0.29, 0.717) is 5.69 Å². The van der Waals surface area contributed by atoms with Crippen molar-refractivity contribution in [3.63, 3.8) is 0 Å². The lowest BCUT2D eigenvalue weighted by Crippen LogP contribution is -2.04. The van der Waals surface area contributed by atoms with Gasteiger partial charge in [-0.15, -0.1) is 0 Å². The predicted molar refractivity (Wildman–Crippen MR) is 69.3 cm³/mol. The molecule has 19 heavy (non-hydrogen) atoms. The molecule has 0 aromatic carbocycles. The van der Waals surface area contributed by atoms with E-state index in [1.165, 1.54) is 6.20 Å². The van der Waals surface area contributed by atoms with Crippen molar-refractivity contribution >= 4 is 15.5 Å². The van der Waals surface area contributed by atoms with Crippen molar-refractivity contribution in [3.8, 4) is 11.4 Å².